The number of nitrogens with zero attached hydrogens (tertiary/aromatic N) is 1. The first kappa shape index (κ1) is 16.6. The smallest absolute Gasteiger partial charge is 0.254 e. The number of hydrogen-bond donors (Lipinski definition) is 2. The molecule has 112 valence electrons. The summed E-state index contributed by atoms with van der Waals surface area (Å²) in [7, 11) is -0.926. The molecule has 0 spiro atoms. The largest absolute Gasteiger partial charge is 0.368 e. The van der Waals surface area contributed by atoms with Crippen LogP contribution in [0.4, 0.5) is 10.2 Å². The Morgan fingerprint density at radius 1 is 1.55 bits per heavy atom. The molecule has 0 aliphatic rings. The third-order valence-corrected chi connectivity index (χ3v) is 4.25. The molecule has 1 aromatic heterocycles. The first-order valence-electron chi connectivity index (χ1n) is 6.46. The molecule has 7 heteroatoms. The van der Waals surface area contributed by atoms with Crippen LogP contribution in [0.5, 0.6) is 0 Å². The zero-order valence-corrected chi connectivity index (χ0v) is 12.7. The van der Waals surface area contributed by atoms with Crippen LogP contribution in [0.2, 0.25) is 0 Å². The van der Waals surface area contributed by atoms with Gasteiger partial charge in [-0.2, -0.15) is 0 Å². The summed E-state index contributed by atoms with van der Waals surface area (Å²) < 4.78 is 25.2. The number of amides is 1. The van der Waals surface area contributed by atoms with Gasteiger partial charge < -0.3 is 10.6 Å². The monoisotopic (exact) mass is 301 g/mol. The highest BCUT2D eigenvalue weighted by molar-refractivity contribution is 7.84. The van der Waals surface area contributed by atoms with Gasteiger partial charge in [-0.25, -0.2) is 9.37 Å². The van der Waals surface area contributed by atoms with Crippen molar-refractivity contribution in [1.82, 2.24) is 10.3 Å². The molecule has 0 bridgehead atoms. The van der Waals surface area contributed by atoms with Crippen LogP contribution in [0.15, 0.2) is 12.3 Å². The van der Waals surface area contributed by atoms with E-state index in [4.69, 9.17) is 0 Å². The molecule has 2 atom stereocenters. The van der Waals surface area contributed by atoms with Gasteiger partial charge in [0, 0.05) is 41.6 Å². The summed E-state index contributed by atoms with van der Waals surface area (Å²) in [5, 5.41) is 5.38. The number of halogens is 1. The molecule has 1 heterocycles. The van der Waals surface area contributed by atoms with Gasteiger partial charge in [0.15, 0.2) is 11.6 Å². The summed E-state index contributed by atoms with van der Waals surface area (Å²) >= 11 is 0. The average molecular weight is 301 g/mol. The van der Waals surface area contributed by atoms with Gasteiger partial charge in [-0.3, -0.25) is 9.00 Å². The minimum absolute atomic E-state index is 0.00472. The number of anilines is 1. The van der Waals surface area contributed by atoms with Gasteiger partial charge >= 0.3 is 0 Å². The SMILES string of the molecule is CCNc1nccc(C(=O)NCCC(C)S(C)=O)c1F. The quantitative estimate of drug-likeness (QED) is 0.801. The van der Waals surface area contributed by atoms with Crippen LogP contribution in [0.1, 0.15) is 30.6 Å². The van der Waals surface area contributed by atoms with Crippen LogP contribution < -0.4 is 10.6 Å². The van der Waals surface area contributed by atoms with Crippen molar-refractivity contribution in [2.45, 2.75) is 25.5 Å². The molecule has 0 saturated heterocycles. The topological polar surface area (TPSA) is 71.1 Å². The Kier molecular flexibility index (Phi) is 6.57. The van der Waals surface area contributed by atoms with Gasteiger partial charge in [-0.05, 0) is 19.4 Å². The maximum atomic E-state index is 14.0. The van der Waals surface area contributed by atoms with E-state index in [-0.39, 0.29) is 16.6 Å². The Bertz CT molecular complexity index is 497. The molecule has 2 unspecified atom stereocenters. The summed E-state index contributed by atoms with van der Waals surface area (Å²) in [4.78, 5) is 15.7. The first-order valence-corrected chi connectivity index (χ1v) is 8.08. The number of rotatable bonds is 7. The van der Waals surface area contributed by atoms with E-state index in [9.17, 15) is 13.4 Å². The van der Waals surface area contributed by atoms with Crippen LogP contribution in [0, 0.1) is 5.82 Å². The van der Waals surface area contributed by atoms with Gasteiger partial charge in [0.1, 0.15) is 0 Å². The lowest BCUT2D eigenvalue weighted by atomic mass is 10.2. The predicted molar refractivity (Wildman–Crippen MR) is 78.8 cm³/mol. The zero-order chi connectivity index (χ0) is 15.1. The second-order valence-electron chi connectivity index (χ2n) is 4.41. The van der Waals surface area contributed by atoms with E-state index in [0.717, 1.165) is 0 Å². The maximum absolute atomic E-state index is 14.0. The molecule has 0 aliphatic carbocycles. The van der Waals surface area contributed by atoms with Gasteiger partial charge in [0.2, 0.25) is 0 Å². The normalized spacial score (nSPS) is 13.6. The fourth-order valence-corrected chi connectivity index (χ4v) is 2.01. The van der Waals surface area contributed by atoms with E-state index in [1.165, 1.54) is 12.3 Å². The Morgan fingerprint density at radius 2 is 2.25 bits per heavy atom. The van der Waals surface area contributed by atoms with E-state index in [1.54, 1.807) is 6.26 Å². The first-order chi connectivity index (χ1) is 9.47. The number of carbonyl (C=O) groups excluding carboxylic acids is 1. The van der Waals surface area contributed by atoms with Crippen LogP contribution in [-0.4, -0.2) is 39.7 Å². The van der Waals surface area contributed by atoms with Crippen molar-refractivity contribution in [3.05, 3.63) is 23.6 Å². The third-order valence-electron chi connectivity index (χ3n) is 2.88. The molecule has 2 N–H and O–H groups in total. The number of carbonyl (C=O) groups is 1. The van der Waals surface area contributed by atoms with E-state index < -0.39 is 22.5 Å². The van der Waals surface area contributed by atoms with E-state index in [1.807, 2.05) is 13.8 Å². The van der Waals surface area contributed by atoms with Crippen molar-refractivity contribution in [2.24, 2.45) is 0 Å². The molecule has 0 saturated carbocycles. The summed E-state index contributed by atoms with van der Waals surface area (Å²) in [6.45, 7) is 4.55. The molecule has 5 nitrogen and oxygen atoms in total. The molecule has 1 amide bonds. The Morgan fingerprint density at radius 3 is 2.85 bits per heavy atom. The summed E-state index contributed by atoms with van der Waals surface area (Å²) in [5.74, 6) is -1.07. The molecule has 0 aromatic carbocycles. The third kappa shape index (κ3) is 4.56. The van der Waals surface area contributed by atoms with E-state index in [2.05, 4.69) is 15.6 Å². The highest BCUT2D eigenvalue weighted by Crippen LogP contribution is 2.14. The fraction of sp³-hybridized carbons (Fsp3) is 0.538. The van der Waals surface area contributed by atoms with Crippen LogP contribution in [-0.2, 0) is 10.8 Å². The zero-order valence-electron chi connectivity index (χ0n) is 11.9. The van der Waals surface area contributed by atoms with Gasteiger partial charge in [-0.1, -0.05) is 6.92 Å². The molecule has 0 fully saturated rings. The number of nitrogens with one attached hydrogen (secondary N) is 2. The molecule has 1 aromatic rings. The summed E-state index contributed by atoms with van der Waals surface area (Å²) in [6, 6.07) is 1.34. The van der Waals surface area contributed by atoms with Gasteiger partial charge in [0.05, 0.1) is 5.56 Å². The Hall–Kier alpha value is -1.50. The molecule has 0 radical (unpaired) electrons. The fourth-order valence-electron chi connectivity index (χ4n) is 1.56. The molecule has 20 heavy (non-hydrogen) atoms. The molecular weight excluding hydrogens is 281 g/mol. The molecule has 0 aliphatic heterocycles. The van der Waals surface area contributed by atoms with Crippen molar-refractivity contribution in [2.75, 3.05) is 24.7 Å². The van der Waals surface area contributed by atoms with E-state index in [0.29, 0.717) is 19.5 Å². The minimum Gasteiger partial charge on any atom is -0.368 e. The Balaban J connectivity index is 2.64. The Labute approximate surface area is 120 Å². The van der Waals surface area contributed by atoms with Crippen molar-refractivity contribution in [3.63, 3.8) is 0 Å². The van der Waals surface area contributed by atoms with Gasteiger partial charge in [-0.15, -0.1) is 0 Å². The number of pyridine rings is 1. The maximum Gasteiger partial charge on any atom is 0.254 e. The minimum atomic E-state index is -0.926. The van der Waals surface area contributed by atoms with Crippen LogP contribution >= 0.6 is 0 Å². The second-order valence-corrected chi connectivity index (χ2v) is 6.21. The van der Waals surface area contributed by atoms with Crippen molar-refractivity contribution in [1.29, 1.82) is 0 Å². The lowest BCUT2D eigenvalue weighted by Gasteiger charge is -2.11. The summed E-state index contributed by atoms with van der Waals surface area (Å²) in [6.07, 6.45) is 3.60. The second kappa shape index (κ2) is 7.94. The summed E-state index contributed by atoms with van der Waals surface area (Å²) in [5.41, 5.74) is -0.0405. The van der Waals surface area contributed by atoms with E-state index >= 15 is 0 Å². The lowest BCUT2D eigenvalue weighted by molar-refractivity contribution is 0.0949. The van der Waals surface area contributed by atoms with Gasteiger partial charge in [0.25, 0.3) is 5.91 Å². The van der Waals surface area contributed by atoms with Crippen molar-refractivity contribution in [3.8, 4) is 0 Å². The van der Waals surface area contributed by atoms with Crippen molar-refractivity contribution >= 4 is 22.5 Å². The highest BCUT2D eigenvalue weighted by atomic mass is 32.2. The van der Waals surface area contributed by atoms with Crippen molar-refractivity contribution < 1.29 is 13.4 Å². The standard InChI is InChI=1S/C13H20FN3O2S/c1-4-15-12-11(14)10(6-8-16-12)13(18)17-7-5-9(2)20(3)19/h6,8-9H,4-5,7H2,1-3H3,(H,15,16)(H,17,18). The lowest BCUT2D eigenvalue weighted by Crippen LogP contribution is -2.28. The number of aromatic nitrogens is 1. The molecular formula is C13H20FN3O2S. The van der Waals surface area contributed by atoms with Crippen LogP contribution in [0.3, 0.4) is 0 Å². The van der Waals surface area contributed by atoms with Crippen LogP contribution in [0.25, 0.3) is 0 Å². The highest BCUT2D eigenvalue weighted by Gasteiger charge is 2.16. The number of hydrogen-bond acceptors (Lipinski definition) is 4. The average Bonchev–Trinajstić information content (AvgIpc) is 2.41. The predicted octanol–water partition coefficient (Wildman–Crippen LogP) is 1.54. The molecule has 1 rings (SSSR count).